The molecule has 4 heteroatoms. The zero-order valence-corrected chi connectivity index (χ0v) is 8.26. The second-order valence-corrected chi connectivity index (χ2v) is 3.27. The van der Waals surface area contributed by atoms with Gasteiger partial charge in [-0.05, 0) is 30.7 Å². The highest BCUT2D eigenvalue weighted by Gasteiger charge is 2.02. The predicted molar refractivity (Wildman–Crippen MR) is 52.6 cm³/mol. The molecular weight excluding hydrogens is 210 g/mol. The summed E-state index contributed by atoms with van der Waals surface area (Å²) in [6, 6.07) is 6.25. The molecule has 0 bridgehead atoms. The summed E-state index contributed by atoms with van der Waals surface area (Å²) in [6.45, 7) is -1.04. The van der Waals surface area contributed by atoms with Crippen LogP contribution < -0.4 is 4.74 Å². The Kier molecular flexibility index (Phi) is 3.89. The van der Waals surface area contributed by atoms with Gasteiger partial charge in [-0.15, -0.1) is 0 Å². The van der Waals surface area contributed by atoms with E-state index in [1.165, 1.54) is 12.1 Å². The van der Waals surface area contributed by atoms with Gasteiger partial charge in [-0.2, -0.15) is 8.78 Å². The predicted octanol–water partition coefficient (Wildman–Crippen LogP) is 3.89. The zero-order chi connectivity index (χ0) is 10.6. The number of halogens is 3. The number of hydrogen-bond acceptors (Lipinski definition) is 1. The van der Waals surface area contributed by atoms with E-state index in [0.29, 0.717) is 5.03 Å². The van der Waals surface area contributed by atoms with Crippen LogP contribution in [0.1, 0.15) is 12.5 Å². The molecule has 0 aliphatic rings. The van der Waals surface area contributed by atoms with E-state index in [1.54, 1.807) is 25.1 Å². The summed E-state index contributed by atoms with van der Waals surface area (Å²) < 4.78 is 27.7. The summed E-state index contributed by atoms with van der Waals surface area (Å²) in [5.41, 5.74) is 0.846. The molecule has 76 valence electrons. The molecule has 14 heavy (non-hydrogen) atoms. The van der Waals surface area contributed by atoms with E-state index in [4.69, 9.17) is 11.6 Å². The third-order valence-electron chi connectivity index (χ3n) is 1.47. The smallest absolute Gasteiger partial charge is 0.387 e. The van der Waals surface area contributed by atoms with Crippen molar-refractivity contribution in [2.45, 2.75) is 13.5 Å². The molecule has 0 radical (unpaired) electrons. The lowest BCUT2D eigenvalue weighted by atomic mass is 10.2. The Labute approximate surface area is 85.9 Å². The summed E-state index contributed by atoms with van der Waals surface area (Å²) in [7, 11) is 0. The first kappa shape index (κ1) is 11.0. The van der Waals surface area contributed by atoms with E-state index in [-0.39, 0.29) is 5.75 Å². The van der Waals surface area contributed by atoms with Crippen LogP contribution in [0.15, 0.2) is 29.3 Å². The molecule has 0 saturated carbocycles. The van der Waals surface area contributed by atoms with Crippen LogP contribution in [0.2, 0.25) is 0 Å². The monoisotopic (exact) mass is 218 g/mol. The molecule has 0 saturated heterocycles. The molecule has 0 amide bonds. The van der Waals surface area contributed by atoms with Crippen LogP contribution >= 0.6 is 11.6 Å². The highest BCUT2D eigenvalue weighted by atomic mass is 35.5. The maximum Gasteiger partial charge on any atom is 0.387 e. The molecule has 1 rings (SSSR count). The molecule has 1 aromatic rings. The van der Waals surface area contributed by atoms with Crippen LogP contribution in [-0.2, 0) is 0 Å². The number of benzene rings is 1. The summed E-state index contributed by atoms with van der Waals surface area (Å²) in [6.07, 6.45) is 1.73. The van der Waals surface area contributed by atoms with Crippen LogP contribution in [0.5, 0.6) is 5.75 Å². The molecule has 0 spiro atoms. The van der Waals surface area contributed by atoms with Gasteiger partial charge in [-0.1, -0.05) is 23.7 Å². The molecule has 0 heterocycles. The summed E-state index contributed by atoms with van der Waals surface area (Å²) in [5, 5.41) is 0.632. The van der Waals surface area contributed by atoms with Gasteiger partial charge < -0.3 is 4.74 Å². The number of ether oxygens (including phenoxy) is 1. The van der Waals surface area contributed by atoms with Gasteiger partial charge in [-0.3, -0.25) is 0 Å². The summed E-state index contributed by atoms with van der Waals surface area (Å²) in [4.78, 5) is 0. The molecule has 0 aliphatic heterocycles. The van der Waals surface area contributed by atoms with Crippen LogP contribution in [0, 0.1) is 0 Å². The maximum absolute atomic E-state index is 11.8. The van der Waals surface area contributed by atoms with Gasteiger partial charge in [0.2, 0.25) is 0 Å². The van der Waals surface area contributed by atoms with Crippen molar-refractivity contribution in [1.29, 1.82) is 0 Å². The fourth-order valence-electron chi connectivity index (χ4n) is 0.975. The Hall–Kier alpha value is -1.09. The zero-order valence-electron chi connectivity index (χ0n) is 7.51. The second kappa shape index (κ2) is 4.96. The molecule has 0 unspecified atom stereocenters. The maximum atomic E-state index is 11.8. The van der Waals surface area contributed by atoms with Crippen molar-refractivity contribution in [1.82, 2.24) is 0 Å². The Morgan fingerprint density at radius 1 is 1.36 bits per heavy atom. The van der Waals surface area contributed by atoms with E-state index in [9.17, 15) is 8.78 Å². The number of alkyl halides is 2. The standard InChI is InChI=1S/C10H9ClF2O/c1-7(11)6-8-2-4-9(5-3-8)14-10(12)13/h2-6,10H,1H3. The fraction of sp³-hybridized carbons (Fsp3) is 0.200. The number of rotatable bonds is 3. The highest BCUT2D eigenvalue weighted by molar-refractivity contribution is 6.31. The Balaban J connectivity index is 2.74. The highest BCUT2D eigenvalue weighted by Crippen LogP contribution is 2.17. The number of allylic oxidation sites excluding steroid dienone is 1. The van der Waals surface area contributed by atoms with E-state index in [2.05, 4.69) is 4.74 Å². The first-order valence-corrected chi connectivity index (χ1v) is 4.34. The van der Waals surface area contributed by atoms with E-state index in [0.717, 1.165) is 5.56 Å². The molecule has 0 fully saturated rings. The van der Waals surface area contributed by atoms with Gasteiger partial charge in [0.1, 0.15) is 5.75 Å². The first-order chi connectivity index (χ1) is 6.58. The lowest BCUT2D eigenvalue weighted by molar-refractivity contribution is -0.0498. The Morgan fingerprint density at radius 2 is 1.93 bits per heavy atom. The summed E-state index contributed by atoms with van der Waals surface area (Å²) in [5.74, 6) is 0.143. The number of hydrogen-bond donors (Lipinski definition) is 0. The van der Waals surface area contributed by atoms with E-state index < -0.39 is 6.61 Å². The van der Waals surface area contributed by atoms with Crippen molar-refractivity contribution in [2.75, 3.05) is 0 Å². The molecule has 0 aromatic heterocycles. The van der Waals surface area contributed by atoms with E-state index in [1.807, 2.05) is 0 Å². The van der Waals surface area contributed by atoms with Crippen molar-refractivity contribution >= 4 is 17.7 Å². The van der Waals surface area contributed by atoms with Crippen molar-refractivity contribution in [3.8, 4) is 5.75 Å². The lowest BCUT2D eigenvalue weighted by Crippen LogP contribution is -2.01. The van der Waals surface area contributed by atoms with Crippen molar-refractivity contribution in [2.24, 2.45) is 0 Å². The minimum Gasteiger partial charge on any atom is -0.435 e. The molecule has 1 nitrogen and oxygen atoms in total. The van der Waals surface area contributed by atoms with Crippen LogP contribution in [0.4, 0.5) is 8.78 Å². The molecule has 0 atom stereocenters. The van der Waals surface area contributed by atoms with Crippen LogP contribution in [0.25, 0.3) is 6.08 Å². The average Bonchev–Trinajstić information content (AvgIpc) is 2.06. The average molecular weight is 219 g/mol. The van der Waals surface area contributed by atoms with Gasteiger partial charge in [-0.25, -0.2) is 0 Å². The lowest BCUT2D eigenvalue weighted by Gasteiger charge is -2.03. The molecular formula is C10H9ClF2O. The minimum atomic E-state index is -2.79. The van der Waals surface area contributed by atoms with Gasteiger partial charge in [0.25, 0.3) is 0 Å². The van der Waals surface area contributed by atoms with Crippen LogP contribution in [-0.4, -0.2) is 6.61 Å². The van der Waals surface area contributed by atoms with E-state index >= 15 is 0 Å². The minimum absolute atomic E-state index is 0.143. The Morgan fingerprint density at radius 3 is 2.36 bits per heavy atom. The SMILES string of the molecule is CC(Cl)=Cc1ccc(OC(F)F)cc1. The fourth-order valence-corrected chi connectivity index (χ4v) is 1.10. The normalized spacial score (nSPS) is 11.9. The van der Waals surface area contributed by atoms with Gasteiger partial charge >= 0.3 is 6.61 Å². The third kappa shape index (κ3) is 3.75. The molecule has 1 aromatic carbocycles. The van der Waals surface area contributed by atoms with Gasteiger partial charge in [0.05, 0.1) is 0 Å². The Bertz CT molecular complexity index is 315. The van der Waals surface area contributed by atoms with Crippen molar-refractivity contribution in [3.05, 3.63) is 34.9 Å². The first-order valence-electron chi connectivity index (χ1n) is 3.96. The molecule has 0 N–H and O–H groups in total. The van der Waals surface area contributed by atoms with Crippen molar-refractivity contribution < 1.29 is 13.5 Å². The molecule has 0 aliphatic carbocycles. The third-order valence-corrected chi connectivity index (χ3v) is 1.58. The summed E-state index contributed by atoms with van der Waals surface area (Å²) >= 11 is 5.65. The largest absolute Gasteiger partial charge is 0.435 e. The topological polar surface area (TPSA) is 9.23 Å². The van der Waals surface area contributed by atoms with Gasteiger partial charge in [0.15, 0.2) is 0 Å². The van der Waals surface area contributed by atoms with Crippen molar-refractivity contribution in [3.63, 3.8) is 0 Å². The van der Waals surface area contributed by atoms with Gasteiger partial charge in [0, 0.05) is 5.03 Å². The van der Waals surface area contributed by atoms with Crippen LogP contribution in [0.3, 0.4) is 0 Å². The quantitative estimate of drug-likeness (QED) is 0.748. The second-order valence-electron chi connectivity index (χ2n) is 2.68.